The van der Waals surface area contributed by atoms with E-state index in [1.807, 2.05) is 36.4 Å². The summed E-state index contributed by atoms with van der Waals surface area (Å²) in [6.07, 6.45) is 3.26. The van der Waals surface area contributed by atoms with Crippen LogP contribution in [0.25, 0.3) is 0 Å². The van der Waals surface area contributed by atoms with E-state index in [-0.39, 0.29) is 35.2 Å². The summed E-state index contributed by atoms with van der Waals surface area (Å²) >= 11 is 0. The van der Waals surface area contributed by atoms with Crippen LogP contribution in [-0.2, 0) is 5.41 Å². The molecule has 3 N–H and O–H groups in total. The van der Waals surface area contributed by atoms with Gasteiger partial charge in [-0.3, -0.25) is 4.99 Å². The van der Waals surface area contributed by atoms with Crippen molar-refractivity contribution in [1.29, 1.82) is 0 Å². The van der Waals surface area contributed by atoms with Gasteiger partial charge in [0.2, 0.25) is 0 Å². The summed E-state index contributed by atoms with van der Waals surface area (Å²) < 4.78 is 18.3. The van der Waals surface area contributed by atoms with Gasteiger partial charge in [0.1, 0.15) is 11.6 Å². The molecule has 134 valence electrons. The Morgan fingerprint density at radius 2 is 1.96 bits per heavy atom. The quantitative estimate of drug-likeness (QED) is 0.402. The molecule has 6 heteroatoms. The van der Waals surface area contributed by atoms with Crippen molar-refractivity contribution in [3.8, 4) is 5.75 Å². The Morgan fingerprint density at radius 3 is 2.56 bits per heavy atom. The van der Waals surface area contributed by atoms with Crippen LogP contribution in [0.1, 0.15) is 24.8 Å². The number of benzene rings is 2. The summed E-state index contributed by atoms with van der Waals surface area (Å²) in [5.74, 6) is 0.919. The van der Waals surface area contributed by atoms with Crippen LogP contribution in [0, 0.1) is 5.82 Å². The van der Waals surface area contributed by atoms with Gasteiger partial charge in [-0.15, -0.1) is 24.0 Å². The highest BCUT2D eigenvalue weighted by molar-refractivity contribution is 14.0. The van der Waals surface area contributed by atoms with Crippen LogP contribution in [0.15, 0.2) is 53.5 Å². The number of anilines is 1. The van der Waals surface area contributed by atoms with E-state index in [2.05, 4.69) is 10.3 Å². The number of rotatable bonds is 5. The third-order valence-corrected chi connectivity index (χ3v) is 4.66. The lowest BCUT2D eigenvalue weighted by Crippen LogP contribution is -2.38. The van der Waals surface area contributed by atoms with Gasteiger partial charge in [0, 0.05) is 17.2 Å². The smallest absolute Gasteiger partial charge is 0.193 e. The van der Waals surface area contributed by atoms with E-state index in [0.29, 0.717) is 12.5 Å². The fraction of sp³-hybridized carbons (Fsp3) is 0.316. The molecule has 0 unspecified atom stereocenters. The number of nitrogens with zero attached hydrogens (tertiary/aromatic N) is 1. The van der Waals surface area contributed by atoms with Crippen molar-refractivity contribution in [1.82, 2.24) is 0 Å². The van der Waals surface area contributed by atoms with E-state index in [9.17, 15) is 4.39 Å². The van der Waals surface area contributed by atoms with Gasteiger partial charge < -0.3 is 15.8 Å². The van der Waals surface area contributed by atoms with Crippen LogP contribution in [0.3, 0.4) is 0 Å². The largest absolute Gasteiger partial charge is 0.497 e. The molecule has 0 aliphatic heterocycles. The molecule has 1 fully saturated rings. The van der Waals surface area contributed by atoms with Gasteiger partial charge in [-0.25, -0.2) is 4.39 Å². The monoisotopic (exact) mass is 455 g/mol. The molecular weight excluding hydrogens is 432 g/mol. The molecule has 25 heavy (non-hydrogen) atoms. The summed E-state index contributed by atoms with van der Waals surface area (Å²) in [7, 11) is 1.62. The first kappa shape index (κ1) is 19.5. The maximum absolute atomic E-state index is 13.1. The predicted octanol–water partition coefficient (Wildman–Crippen LogP) is 4.30. The molecule has 1 aliphatic carbocycles. The first-order valence-electron chi connectivity index (χ1n) is 8.08. The number of aliphatic imine (C=N–C) groups is 1. The molecule has 0 atom stereocenters. The van der Waals surface area contributed by atoms with Gasteiger partial charge in [0.15, 0.2) is 5.96 Å². The number of methoxy groups -OCH3 is 1. The van der Waals surface area contributed by atoms with Gasteiger partial charge in [-0.1, -0.05) is 24.6 Å². The van der Waals surface area contributed by atoms with Gasteiger partial charge in [-0.2, -0.15) is 0 Å². The average molecular weight is 455 g/mol. The minimum atomic E-state index is -0.212. The zero-order valence-electron chi connectivity index (χ0n) is 14.2. The Kier molecular flexibility index (Phi) is 6.64. The maximum Gasteiger partial charge on any atom is 0.193 e. The molecule has 0 amide bonds. The standard InChI is InChI=1S/C19H22FN3O.HI/c1-24-17-5-2-4-16(12-17)23-18(21)22-13-19(10-3-11-19)14-6-8-15(20)9-7-14;/h2,4-9,12H,3,10-11,13H2,1H3,(H3,21,22,23);1H. The highest BCUT2D eigenvalue weighted by Crippen LogP contribution is 2.44. The molecule has 0 bridgehead atoms. The first-order valence-corrected chi connectivity index (χ1v) is 8.08. The Labute approximate surface area is 164 Å². The summed E-state index contributed by atoms with van der Waals surface area (Å²) in [5, 5.41) is 3.09. The van der Waals surface area contributed by atoms with Crippen LogP contribution in [0.4, 0.5) is 10.1 Å². The molecule has 4 nitrogen and oxygen atoms in total. The number of hydrogen-bond acceptors (Lipinski definition) is 2. The maximum atomic E-state index is 13.1. The van der Waals surface area contributed by atoms with Crippen molar-refractivity contribution in [3.05, 3.63) is 59.9 Å². The Morgan fingerprint density at radius 1 is 1.24 bits per heavy atom. The van der Waals surface area contributed by atoms with E-state index in [0.717, 1.165) is 36.3 Å². The predicted molar refractivity (Wildman–Crippen MR) is 110 cm³/mol. The molecule has 2 aromatic rings. The number of hydrogen-bond donors (Lipinski definition) is 2. The molecule has 1 saturated carbocycles. The Bertz CT molecular complexity index is 730. The molecule has 1 aliphatic rings. The summed E-state index contributed by atoms with van der Waals surface area (Å²) in [4.78, 5) is 4.52. The van der Waals surface area contributed by atoms with Crippen molar-refractivity contribution in [2.45, 2.75) is 24.7 Å². The second-order valence-corrected chi connectivity index (χ2v) is 6.20. The summed E-state index contributed by atoms with van der Waals surface area (Å²) in [5.41, 5.74) is 7.97. The lowest BCUT2D eigenvalue weighted by Gasteiger charge is -2.41. The van der Waals surface area contributed by atoms with Crippen LogP contribution in [-0.4, -0.2) is 19.6 Å². The lowest BCUT2D eigenvalue weighted by atomic mass is 9.64. The van der Waals surface area contributed by atoms with Gasteiger partial charge >= 0.3 is 0 Å². The topological polar surface area (TPSA) is 59.6 Å². The summed E-state index contributed by atoms with van der Waals surface area (Å²) in [6.45, 7) is 0.599. The minimum Gasteiger partial charge on any atom is -0.497 e. The van der Waals surface area contributed by atoms with Crippen molar-refractivity contribution in [2.24, 2.45) is 10.7 Å². The molecule has 0 spiro atoms. The molecule has 0 saturated heterocycles. The highest BCUT2D eigenvalue weighted by atomic mass is 127. The van der Waals surface area contributed by atoms with Crippen molar-refractivity contribution in [3.63, 3.8) is 0 Å². The lowest BCUT2D eigenvalue weighted by molar-refractivity contribution is 0.253. The van der Waals surface area contributed by atoms with E-state index in [1.54, 1.807) is 7.11 Å². The zero-order valence-corrected chi connectivity index (χ0v) is 16.5. The van der Waals surface area contributed by atoms with Crippen LogP contribution in [0.2, 0.25) is 0 Å². The number of halogens is 2. The van der Waals surface area contributed by atoms with E-state index in [1.165, 1.54) is 12.1 Å². The van der Waals surface area contributed by atoms with Crippen molar-refractivity contribution >= 4 is 35.6 Å². The van der Waals surface area contributed by atoms with Crippen LogP contribution >= 0.6 is 24.0 Å². The second kappa shape index (κ2) is 8.51. The number of nitrogens with one attached hydrogen (secondary N) is 1. The Hall–Kier alpha value is -1.83. The highest BCUT2D eigenvalue weighted by Gasteiger charge is 2.38. The molecule has 0 radical (unpaired) electrons. The third-order valence-electron chi connectivity index (χ3n) is 4.66. The normalized spacial score (nSPS) is 15.7. The number of nitrogens with two attached hydrogens (primary N) is 1. The third kappa shape index (κ3) is 4.62. The number of guanidine groups is 1. The van der Waals surface area contributed by atoms with Gasteiger partial charge in [-0.05, 0) is 42.7 Å². The van der Waals surface area contributed by atoms with E-state index in [4.69, 9.17) is 10.5 Å². The van der Waals surface area contributed by atoms with Gasteiger partial charge in [0.05, 0.1) is 13.7 Å². The fourth-order valence-corrected chi connectivity index (χ4v) is 3.07. The van der Waals surface area contributed by atoms with Crippen molar-refractivity contribution in [2.75, 3.05) is 19.0 Å². The molecule has 0 aromatic heterocycles. The summed E-state index contributed by atoms with van der Waals surface area (Å²) in [6, 6.07) is 14.3. The van der Waals surface area contributed by atoms with E-state index < -0.39 is 0 Å². The molecular formula is C19H23FIN3O. The fourth-order valence-electron chi connectivity index (χ4n) is 3.07. The first-order chi connectivity index (χ1) is 11.6. The molecule has 2 aromatic carbocycles. The molecule has 0 heterocycles. The number of ether oxygens (including phenoxy) is 1. The van der Waals surface area contributed by atoms with Crippen molar-refractivity contribution < 1.29 is 9.13 Å². The van der Waals surface area contributed by atoms with Crippen LogP contribution in [0.5, 0.6) is 5.75 Å². The Balaban J connectivity index is 0.00000225. The SMILES string of the molecule is COc1cccc(NC(N)=NCC2(c3ccc(F)cc3)CCC2)c1.I. The van der Waals surface area contributed by atoms with Crippen LogP contribution < -0.4 is 15.8 Å². The molecule has 3 rings (SSSR count). The minimum absolute atomic E-state index is 0. The zero-order chi connectivity index (χ0) is 17.0. The second-order valence-electron chi connectivity index (χ2n) is 6.20. The van der Waals surface area contributed by atoms with E-state index >= 15 is 0 Å². The van der Waals surface area contributed by atoms with Gasteiger partial charge in [0.25, 0.3) is 0 Å². The average Bonchev–Trinajstić information content (AvgIpc) is 2.55.